The van der Waals surface area contributed by atoms with Crippen LogP contribution in [0.1, 0.15) is 5.56 Å². The maximum absolute atomic E-state index is 5.92. The zero-order valence-electron chi connectivity index (χ0n) is 9.70. The molecule has 0 fully saturated rings. The van der Waals surface area contributed by atoms with Crippen LogP contribution in [0.3, 0.4) is 0 Å². The van der Waals surface area contributed by atoms with E-state index in [4.69, 9.17) is 33.7 Å². The smallest absolute Gasteiger partial charge is 0.129 e. The van der Waals surface area contributed by atoms with Crippen LogP contribution in [0, 0.1) is 0 Å². The molecule has 2 rings (SSSR count). The summed E-state index contributed by atoms with van der Waals surface area (Å²) in [5.74, 6) is 1.42. The first-order valence-corrected chi connectivity index (χ1v) is 6.36. The van der Waals surface area contributed by atoms with Crippen LogP contribution in [0.4, 0.5) is 0 Å². The summed E-state index contributed by atoms with van der Waals surface area (Å²) in [6.45, 7) is 0.646. The molecule has 2 N–H and O–H groups in total. The Balaban J connectivity index is 2.10. The molecule has 0 spiro atoms. The Morgan fingerprint density at radius 3 is 2.17 bits per heavy atom. The van der Waals surface area contributed by atoms with Crippen molar-refractivity contribution in [3.63, 3.8) is 0 Å². The molecule has 18 heavy (non-hydrogen) atoms. The molecule has 2 aromatic carbocycles. The van der Waals surface area contributed by atoms with E-state index in [0.29, 0.717) is 22.3 Å². The third kappa shape index (κ3) is 3.39. The van der Waals surface area contributed by atoms with Gasteiger partial charge in [-0.15, -0.1) is 0 Å². The lowest BCUT2D eigenvalue weighted by molar-refractivity contribution is 0.482. The average Bonchev–Trinajstić information content (AvgIpc) is 2.37. The minimum atomic E-state index is 0.480. The highest BCUT2D eigenvalue weighted by atomic mass is 35.5. The molecule has 0 aliphatic heterocycles. The van der Waals surface area contributed by atoms with Gasteiger partial charge in [-0.2, -0.15) is 0 Å². The topological polar surface area (TPSA) is 35.2 Å². The summed E-state index contributed by atoms with van der Waals surface area (Å²) in [4.78, 5) is 0. The number of hydrogen-bond acceptors (Lipinski definition) is 2. The lowest BCUT2D eigenvalue weighted by Crippen LogP contribution is -2.02. The van der Waals surface area contributed by atoms with E-state index >= 15 is 0 Å². The van der Waals surface area contributed by atoms with E-state index in [-0.39, 0.29) is 0 Å². The van der Waals surface area contributed by atoms with Crippen molar-refractivity contribution in [1.29, 1.82) is 0 Å². The summed E-state index contributed by atoms with van der Waals surface area (Å²) in [6.07, 6.45) is 0.868. The van der Waals surface area contributed by atoms with Crippen molar-refractivity contribution < 1.29 is 4.74 Å². The van der Waals surface area contributed by atoms with E-state index in [2.05, 4.69) is 0 Å². The van der Waals surface area contributed by atoms with E-state index < -0.39 is 0 Å². The highest BCUT2D eigenvalue weighted by Crippen LogP contribution is 2.29. The van der Waals surface area contributed by atoms with Crippen molar-refractivity contribution in [3.05, 3.63) is 58.1 Å². The highest BCUT2D eigenvalue weighted by molar-refractivity contribution is 6.42. The molecule has 2 nitrogen and oxygen atoms in total. The van der Waals surface area contributed by atoms with Crippen molar-refractivity contribution >= 4 is 23.2 Å². The summed E-state index contributed by atoms with van der Waals surface area (Å²) < 4.78 is 5.67. The van der Waals surface area contributed by atoms with Crippen LogP contribution in [0.5, 0.6) is 11.5 Å². The Labute approximate surface area is 116 Å². The second-order valence-electron chi connectivity index (χ2n) is 3.86. The maximum atomic E-state index is 5.92. The molecular weight excluding hydrogens is 269 g/mol. The number of hydrogen-bond donors (Lipinski definition) is 1. The molecule has 0 saturated heterocycles. The number of rotatable bonds is 4. The Bertz CT molecular complexity index is 526. The van der Waals surface area contributed by atoms with Gasteiger partial charge in [0, 0.05) is 6.07 Å². The fourth-order valence-electron chi connectivity index (χ4n) is 1.57. The molecule has 0 aliphatic rings. The van der Waals surface area contributed by atoms with Gasteiger partial charge >= 0.3 is 0 Å². The van der Waals surface area contributed by atoms with Gasteiger partial charge in [0.25, 0.3) is 0 Å². The van der Waals surface area contributed by atoms with Gasteiger partial charge in [0.2, 0.25) is 0 Å². The number of benzene rings is 2. The van der Waals surface area contributed by atoms with Crippen LogP contribution in [0.25, 0.3) is 0 Å². The predicted octanol–water partition coefficient (Wildman–Crippen LogP) is 4.29. The lowest BCUT2D eigenvalue weighted by atomic mass is 10.1. The van der Waals surface area contributed by atoms with Gasteiger partial charge in [0.05, 0.1) is 10.0 Å². The van der Waals surface area contributed by atoms with Crippen LogP contribution in [0.15, 0.2) is 42.5 Å². The standard InChI is InChI=1S/C14H13Cl2NO/c15-13-6-5-12(9-14(13)16)18-11-3-1-10(2-4-11)7-8-17/h1-6,9H,7-8,17H2. The minimum Gasteiger partial charge on any atom is -0.457 e. The molecule has 2 aromatic rings. The largest absolute Gasteiger partial charge is 0.457 e. The maximum Gasteiger partial charge on any atom is 0.129 e. The van der Waals surface area contributed by atoms with E-state index in [0.717, 1.165) is 12.2 Å². The van der Waals surface area contributed by atoms with Gasteiger partial charge in [0.1, 0.15) is 11.5 Å². The normalized spacial score (nSPS) is 10.4. The number of halogens is 2. The highest BCUT2D eigenvalue weighted by Gasteiger charge is 2.02. The zero-order valence-corrected chi connectivity index (χ0v) is 11.2. The zero-order chi connectivity index (χ0) is 13.0. The molecule has 0 amide bonds. The molecule has 0 heterocycles. The molecular formula is C14H13Cl2NO. The first-order valence-electron chi connectivity index (χ1n) is 5.61. The van der Waals surface area contributed by atoms with Gasteiger partial charge < -0.3 is 10.5 Å². The van der Waals surface area contributed by atoms with E-state index in [9.17, 15) is 0 Å². The van der Waals surface area contributed by atoms with Crippen LogP contribution in [-0.4, -0.2) is 6.54 Å². The Kier molecular flexibility index (Phi) is 4.48. The fraction of sp³-hybridized carbons (Fsp3) is 0.143. The SMILES string of the molecule is NCCc1ccc(Oc2ccc(Cl)c(Cl)c2)cc1. The monoisotopic (exact) mass is 281 g/mol. The van der Waals surface area contributed by atoms with Crippen molar-refractivity contribution in [1.82, 2.24) is 0 Å². The molecule has 0 bridgehead atoms. The van der Waals surface area contributed by atoms with Crippen LogP contribution < -0.4 is 10.5 Å². The second kappa shape index (κ2) is 6.10. The second-order valence-corrected chi connectivity index (χ2v) is 4.68. The summed E-state index contributed by atoms with van der Waals surface area (Å²) in [5.41, 5.74) is 6.69. The first-order chi connectivity index (χ1) is 8.69. The van der Waals surface area contributed by atoms with Gasteiger partial charge in [-0.3, -0.25) is 0 Å². The van der Waals surface area contributed by atoms with Crippen LogP contribution in [-0.2, 0) is 6.42 Å². The van der Waals surface area contributed by atoms with Crippen molar-refractivity contribution in [2.24, 2.45) is 5.73 Å². The van der Waals surface area contributed by atoms with Crippen LogP contribution >= 0.6 is 23.2 Å². The van der Waals surface area contributed by atoms with Crippen molar-refractivity contribution in [2.45, 2.75) is 6.42 Å². The van der Waals surface area contributed by atoms with Crippen LogP contribution in [0.2, 0.25) is 10.0 Å². The summed E-state index contributed by atoms with van der Waals surface area (Å²) in [5, 5.41) is 0.997. The Morgan fingerprint density at radius 2 is 1.56 bits per heavy atom. The Morgan fingerprint density at radius 1 is 0.889 bits per heavy atom. The molecule has 0 aromatic heterocycles. The molecule has 0 saturated carbocycles. The van der Waals surface area contributed by atoms with E-state index in [1.807, 2.05) is 24.3 Å². The molecule has 0 unspecified atom stereocenters. The Hall–Kier alpha value is -1.22. The minimum absolute atomic E-state index is 0.480. The molecule has 0 aliphatic carbocycles. The number of nitrogens with two attached hydrogens (primary N) is 1. The molecule has 0 atom stereocenters. The predicted molar refractivity (Wildman–Crippen MR) is 75.7 cm³/mol. The quantitative estimate of drug-likeness (QED) is 0.908. The summed E-state index contributed by atoms with van der Waals surface area (Å²) in [6, 6.07) is 13.0. The number of ether oxygens (including phenoxy) is 1. The van der Waals surface area contributed by atoms with E-state index in [1.165, 1.54) is 5.56 Å². The van der Waals surface area contributed by atoms with Crippen molar-refractivity contribution in [2.75, 3.05) is 6.54 Å². The van der Waals surface area contributed by atoms with Gasteiger partial charge in [-0.25, -0.2) is 0 Å². The van der Waals surface area contributed by atoms with E-state index in [1.54, 1.807) is 18.2 Å². The van der Waals surface area contributed by atoms with Gasteiger partial charge in [-0.1, -0.05) is 35.3 Å². The average molecular weight is 282 g/mol. The van der Waals surface area contributed by atoms with Crippen molar-refractivity contribution in [3.8, 4) is 11.5 Å². The summed E-state index contributed by atoms with van der Waals surface area (Å²) in [7, 11) is 0. The third-order valence-corrected chi connectivity index (χ3v) is 3.22. The fourth-order valence-corrected chi connectivity index (χ4v) is 1.86. The van der Waals surface area contributed by atoms with Gasteiger partial charge in [-0.05, 0) is 42.8 Å². The molecule has 0 radical (unpaired) electrons. The third-order valence-electron chi connectivity index (χ3n) is 2.48. The first kappa shape index (κ1) is 13.2. The lowest BCUT2D eigenvalue weighted by Gasteiger charge is -2.07. The van der Waals surface area contributed by atoms with Gasteiger partial charge in [0.15, 0.2) is 0 Å². The summed E-state index contributed by atoms with van der Waals surface area (Å²) >= 11 is 11.8. The molecule has 4 heteroatoms. The molecule has 94 valence electrons.